The maximum absolute atomic E-state index is 12.1. The van der Waals surface area contributed by atoms with Gasteiger partial charge in [-0.15, -0.1) is 11.8 Å². The third-order valence-corrected chi connectivity index (χ3v) is 4.85. The standard InChI is InChI=1S/C17H17N3O3S/c1-23-16-8-11(6-7-18-16)10-19-15(21)9-14-17(22)20-12-4-2-3-5-13(12)24-14/h2-8,14H,9-10H2,1H3,(H,19,21)(H,20,22)/t14-/m0/s1. The van der Waals surface area contributed by atoms with E-state index in [1.165, 1.54) is 11.8 Å². The summed E-state index contributed by atoms with van der Waals surface area (Å²) in [6.07, 6.45) is 1.76. The van der Waals surface area contributed by atoms with E-state index >= 15 is 0 Å². The first-order valence-electron chi connectivity index (χ1n) is 7.48. The fourth-order valence-corrected chi connectivity index (χ4v) is 3.45. The van der Waals surface area contributed by atoms with Gasteiger partial charge < -0.3 is 15.4 Å². The number of anilines is 1. The summed E-state index contributed by atoms with van der Waals surface area (Å²) < 4.78 is 5.05. The second-order valence-corrected chi connectivity index (χ2v) is 6.52. The van der Waals surface area contributed by atoms with Gasteiger partial charge in [0.1, 0.15) is 0 Å². The number of carbonyl (C=O) groups excluding carboxylic acids is 2. The molecule has 0 radical (unpaired) electrons. The number of benzene rings is 1. The lowest BCUT2D eigenvalue weighted by Crippen LogP contribution is -2.34. The molecule has 7 heteroatoms. The Morgan fingerprint density at radius 1 is 1.38 bits per heavy atom. The van der Waals surface area contributed by atoms with Crippen LogP contribution in [-0.4, -0.2) is 29.2 Å². The van der Waals surface area contributed by atoms with E-state index in [9.17, 15) is 9.59 Å². The van der Waals surface area contributed by atoms with Crippen LogP contribution in [0.25, 0.3) is 0 Å². The van der Waals surface area contributed by atoms with Crippen LogP contribution in [-0.2, 0) is 16.1 Å². The summed E-state index contributed by atoms with van der Waals surface area (Å²) in [5.74, 6) is 0.192. The smallest absolute Gasteiger partial charge is 0.238 e. The molecule has 6 nitrogen and oxygen atoms in total. The van der Waals surface area contributed by atoms with E-state index in [1.807, 2.05) is 24.3 Å². The zero-order chi connectivity index (χ0) is 16.9. The van der Waals surface area contributed by atoms with Crippen LogP contribution < -0.4 is 15.4 Å². The number of ether oxygens (including phenoxy) is 1. The molecule has 2 amide bonds. The normalized spacial score (nSPS) is 16.0. The Morgan fingerprint density at radius 2 is 2.21 bits per heavy atom. The van der Waals surface area contributed by atoms with Gasteiger partial charge in [0.05, 0.1) is 18.0 Å². The summed E-state index contributed by atoms with van der Waals surface area (Å²) in [5, 5.41) is 5.24. The molecular formula is C17H17N3O3S. The van der Waals surface area contributed by atoms with Crippen LogP contribution in [0.15, 0.2) is 47.5 Å². The number of amides is 2. The van der Waals surface area contributed by atoms with Gasteiger partial charge in [-0.25, -0.2) is 4.98 Å². The summed E-state index contributed by atoms with van der Waals surface area (Å²) in [7, 11) is 1.54. The van der Waals surface area contributed by atoms with Crippen molar-refractivity contribution in [2.75, 3.05) is 12.4 Å². The summed E-state index contributed by atoms with van der Waals surface area (Å²) in [6.45, 7) is 0.368. The Kier molecular flexibility index (Phi) is 5.00. The number of fused-ring (bicyclic) bond motifs is 1. The van der Waals surface area contributed by atoms with Crippen LogP contribution in [0.3, 0.4) is 0 Å². The van der Waals surface area contributed by atoms with E-state index in [1.54, 1.807) is 25.4 Å². The van der Waals surface area contributed by atoms with Crippen LogP contribution in [0.5, 0.6) is 5.88 Å². The topological polar surface area (TPSA) is 80.3 Å². The molecule has 0 aliphatic carbocycles. The van der Waals surface area contributed by atoms with Gasteiger partial charge in [0.15, 0.2) is 0 Å². The van der Waals surface area contributed by atoms with Crippen molar-refractivity contribution >= 4 is 29.3 Å². The van der Waals surface area contributed by atoms with Crippen molar-refractivity contribution < 1.29 is 14.3 Å². The Hall–Kier alpha value is -2.54. The predicted molar refractivity (Wildman–Crippen MR) is 92.0 cm³/mol. The number of hydrogen-bond acceptors (Lipinski definition) is 5. The van der Waals surface area contributed by atoms with Crippen LogP contribution >= 0.6 is 11.8 Å². The van der Waals surface area contributed by atoms with Crippen molar-refractivity contribution in [2.45, 2.75) is 23.1 Å². The van der Waals surface area contributed by atoms with Crippen molar-refractivity contribution in [1.82, 2.24) is 10.3 Å². The lowest BCUT2D eigenvalue weighted by molar-refractivity contribution is -0.124. The Morgan fingerprint density at radius 3 is 3.04 bits per heavy atom. The summed E-state index contributed by atoms with van der Waals surface area (Å²) in [4.78, 5) is 29.3. The van der Waals surface area contributed by atoms with Gasteiger partial charge in [-0.3, -0.25) is 9.59 Å². The predicted octanol–water partition coefficient (Wildman–Crippen LogP) is 2.21. The SMILES string of the molecule is COc1cc(CNC(=O)C[C@@H]2Sc3ccccc3NC2=O)ccn1. The molecule has 0 spiro atoms. The highest BCUT2D eigenvalue weighted by Gasteiger charge is 2.28. The first kappa shape index (κ1) is 16.3. The minimum Gasteiger partial charge on any atom is -0.481 e. The van der Waals surface area contributed by atoms with E-state index in [0.717, 1.165) is 16.1 Å². The number of pyridine rings is 1. The second-order valence-electron chi connectivity index (χ2n) is 5.28. The molecule has 1 atom stereocenters. The largest absolute Gasteiger partial charge is 0.481 e. The number of nitrogens with one attached hydrogen (secondary N) is 2. The van der Waals surface area contributed by atoms with Gasteiger partial charge in [-0.1, -0.05) is 12.1 Å². The average molecular weight is 343 g/mol. The number of para-hydroxylation sites is 1. The van der Waals surface area contributed by atoms with Gasteiger partial charge in [0.25, 0.3) is 0 Å². The van der Waals surface area contributed by atoms with Gasteiger partial charge in [-0.05, 0) is 23.8 Å². The Bertz CT molecular complexity index is 766. The van der Waals surface area contributed by atoms with Gasteiger partial charge in [0, 0.05) is 30.1 Å². The highest BCUT2D eigenvalue weighted by Crippen LogP contribution is 2.36. The highest BCUT2D eigenvalue weighted by atomic mass is 32.2. The molecule has 0 saturated heterocycles. The lowest BCUT2D eigenvalue weighted by atomic mass is 10.2. The molecule has 2 heterocycles. The number of carbonyl (C=O) groups is 2. The van der Waals surface area contributed by atoms with Crippen LogP contribution in [0.2, 0.25) is 0 Å². The fourth-order valence-electron chi connectivity index (χ4n) is 2.34. The molecule has 1 aromatic heterocycles. The molecule has 1 aromatic carbocycles. The van der Waals surface area contributed by atoms with Crippen molar-refractivity contribution in [1.29, 1.82) is 0 Å². The fraction of sp³-hybridized carbons (Fsp3) is 0.235. The molecule has 0 bridgehead atoms. The van der Waals surface area contributed by atoms with Gasteiger partial charge in [0.2, 0.25) is 17.7 Å². The van der Waals surface area contributed by atoms with Gasteiger partial charge >= 0.3 is 0 Å². The summed E-state index contributed by atoms with van der Waals surface area (Å²) >= 11 is 1.42. The van der Waals surface area contributed by atoms with E-state index < -0.39 is 5.25 Å². The maximum Gasteiger partial charge on any atom is 0.238 e. The van der Waals surface area contributed by atoms with Gasteiger partial charge in [-0.2, -0.15) is 0 Å². The van der Waals surface area contributed by atoms with Crippen LogP contribution in [0.1, 0.15) is 12.0 Å². The number of methoxy groups -OCH3 is 1. The van der Waals surface area contributed by atoms with E-state index in [2.05, 4.69) is 15.6 Å². The van der Waals surface area contributed by atoms with Crippen molar-refractivity contribution in [3.63, 3.8) is 0 Å². The molecule has 0 fully saturated rings. The maximum atomic E-state index is 12.1. The summed E-state index contributed by atoms with van der Waals surface area (Å²) in [6, 6.07) is 11.1. The van der Waals surface area contributed by atoms with E-state index in [4.69, 9.17) is 4.74 Å². The third kappa shape index (κ3) is 3.86. The van der Waals surface area contributed by atoms with Crippen LogP contribution in [0.4, 0.5) is 5.69 Å². The van der Waals surface area contributed by atoms with Crippen LogP contribution in [0, 0.1) is 0 Å². The summed E-state index contributed by atoms with van der Waals surface area (Å²) in [5.41, 5.74) is 1.69. The molecular weight excluding hydrogens is 326 g/mol. The van der Waals surface area contributed by atoms with Crippen molar-refractivity contribution in [3.05, 3.63) is 48.2 Å². The van der Waals surface area contributed by atoms with Crippen molar-refractivity contribution in [2.24, 2.45) is 0 Å². The quantitative estimate of drug-likeness (QED) is 0.870. The Balaban J connectivity index is 1.56. The minimum absolute atomic E-state index is 0.132. The molecule has 2 N–H and O–H groups in total. The molecule has 0 saturated carbocycles. The first-order valence-corrected chi connectivity index (χ1v) is 8.36. The third-order valence-electron chi connectivity index (χ3n) is 3.58. The number of rotatable bonds is 5. The number of aromatic nitrogens is 1. The van der Waals surface area contributed by atoms with E-state index in [0.29, 0.717) is 12.4 Å². The zero-order valence-corrected chi connectivity index (χ0v) is 13.9. The highest BCUT2D eigenvalue weighted by molar-refractivity contribution is 8.01. The molecule has 0 unspecified atom stereocenters. The van der Waals surface area contributed by atoms with Crippen molar-refractivity contribution in [3.8, 4) is 5.88 Å². The number of nitrogens with zero attached hydrogens (tertiary/aromatic N) is 1. The lowest BCUT2D eigenvalue weighted by Gasteiger charge is -2.23. The monoisotopic (exact) mass is 343 g/mol. The molecule has 124 valence electrons. The molecule has 24 heavy (non-hydrogen) atoms. The number of hydrogen-bond donors (Lipinski definition) is 2. The molecule has 1 aliphatic rings. The zero-order valence-electron chi connectivity index (χ0n) is 13.1. The minimum atomic E-state index is -0.424. The van der Waals surface area contributed by atoms with E-state index in [-0.39, 0.29) is 18.2 Å². The molecule has 1 aliphatic heterocycles. The number of thioether (sulfide) groups is 1. The second kappa shape index (κ2) is 7.35. The Labute approximate surface area is 144 Å². The molecule has 3 rings (SSSR count). The average Bonchev–Trinajstić information content (AvgIpc) is 2.61. The molecule has 2 aromatic rings. The first-order chi connectivity index (χ1) is 11.7.